The third-order valence-electron chi connectivity index (χ3n) is 7.34. The zero-order valence-electron chi connectivity index (χ0n) is 20.8. The highest BCUT2D eigenvalue weighted by atomic mass is 16.6. The van der Waals surface area contributed by atoms with Gasteiger partial charge in [0, 0.05) is 25.2 Å². The lowest BCUT2D eigenvalue weighted by Gasteiger charge is -2.42. The van der Waals surface area contributed by atoms with E-state index in [-0.39, 0.29) is 25.0 Å². The third-order valence-corrected chi connectivity index (χ3v) is 7.34. The van der Waals surface area contributed by atoms with Crippen LogP contribution >= 0.6 is 0 Å². The van der Waals surface area contributed by atoms with Crippen LogP contribution in [-0.4, -0.2) is 82.3 Å². The molecule has 190 valence electrons. The van der Waals surface area contributed by atoms with Crippen molar-refractivity contribution in [2.45, 2.75) is 82.6 Å². The van der Waals surface area contributed by atoms with Crippen molar-refractivity contribution in [1.82, 2.24) is 9.80 Å². The zero-order chi connectivity index (χ0) is 25.1. The molecule has 0 radical (unpaired) electrons. The van der Waals surface area contributed by atoms with Gasteiger partial charge in [0.15, 0.2) is 0 Å². The number of unbranched alkanes of at least 4 members (excludes halogenated alkanes) is 3. The minimum Gasteiger partial charge on any atom is -0.461 e. The first-order chi connectivity index (χ1) is 16.1. The van der Waals surface area contributed by atoms with E-state index in [1.807, 2.05) is 20.8 Å². The van der Waals surface area contributed by atoms with E-state index in [9.17, 15) is 14.4 Å². The van der Waals surface area contributed by atoms with Crippen LogP contribution in [0.15, 0.2) is 25.3 Å². The van der Waals surface area contributed by atoms with Crippen LogP contribution in [0, 0.1) is 11.8 Å². The molecule has 3 heterocycles. The smallest absolute Gasteiger partial charge is 0.312 e. The zero-order valence-corrected chi connectivity index (χ0v) is 20.8. The molecule has 8 nitrogen and oxygen atoms in total. The van der Waals surface area contributed by atoms with Gasteiger partial charge in [-0.25, -0.2) is 0 Å². The Hall–Kier alpha value is -2.19. The summed E-state index contributed by atoms with van der Waals surface area (Å²) in [6, 6.07) is -0.788. The number of nitrogens with zero attached hydrogens (tertiary/aromatic N) is 2. The van der Waals surface area contributed by atoms with E-state index >= 15 is 0 Å². The molecule has 3 fully saturated rings. The van der Waals surface area contributed by atoms with Crippen LogP contribution in [0.1, 0.15) is 59.3 Å². The molecule has 0 aliphatic carbocycles. The summed E-state index contributed by atoms with van der Waals surface area (Å²) in [7, 11) is 0. The average molecular weight is 477 g/mol. The van der Waals surface area contributed by atoms with Crippen LogP contribution in [0.5, 0.6) is 0 Å². The highest BCUT2D eigenvalue weighted by molar-refractivity contribution is 5.98. The fraction of sp³-hybridized carbons (Fsp3) is 0.731. The Balaban J connectivity index is 1.95. The second-order valence-corrected chi connectivity index (χ2v) is 10.6. The molecule has 3 aliphatic rings. The lowest BCUT2D eigenvalue weighted by Crippen LogP contribution is -2.59. The molecule has 0 aromatic rings. The van der Waals surface area contributed by atoms with Crippen molar-refractivity contribution in [2.24, 2.45) is 11.8 Å². The number of carbonyl (C=O) groups is 3. The van der Waals surface area contributed by atoms with Gasteiger partial charge in [0.25, 0.3) is 0 Å². The van der Waals surface area contributed by atoms with E-state index < -0.39 is 41.1 Å². The lowest BCUT2D eigenvalue weighted by molar-refractivity contribution is -0.155. The summed E-state index contributed by atoms with van der Waals surface area (Å²) in [4.78, 5) is 44.2. The molecular formula is C26H40N2O6. The summed E-state index contributed by atoms with van der Waals surface area (Å²) in [6.07, 6.45) is 7.06. The summed E-state index contributed by atoms with van der Waals surface area (Å²) >= 11 is 0. The van der Waals surface area contributed by atoms with Gasteiger partial charge in [-0.15, -0.1) is 6.58 Å². The number of rotatable bonds is 12. The van der Waals surface area contributed by atoms with E-state index in [1.165, 1.54) is 6.08 Å². The van der Waals surface area contributed by atoms with Gasteiger partial charge >= 0.3 is 5.97 Å². The number of fused-ring (bicyclic) bond motifs is 1. The van der Waals surface area contributed by atoms with E-state index in [2.05, 4.69) is 13.2 Å². The number of hydrogen-bond acceptors (Lipinski definition) is 6. The lowest BCUT2D eigenvalue weighted by atomic mass is 9.70. The Morgan fingerprint density at radius 2 is 1.94 bits per heavy atom. The number of aliphatic hydroxyl groups excluding tert-OH is 1. The number of likely N-dealkylation sites (tertiary alicyclic amines) is 1. The second kappa shape index (κ2) is 10.6. The molecule has 34 heavy (non-hydrogen) atoms. The number of aliphatic hydroxyl groups is 1. The Bertz CT molecular complexity index is 806. The van der Waals surface area contributed by atoms with Crippen LogP contribution in [-0.2, 0) is 23.9 Å². The highest BCUT2D eigenvalue weighted by Gasteiger charge is 2.75. The predicted molar refractivity (Wildman–Crippen MR) is 128 cm³/mol. The minimum atomic E-state index is -1.02. The number of amides is 2. The van der Waals surface area contributed by atoms with E-state index in [4.69, 9.17) is 14.6 Å². The average Bonchev–Trinajstić information content (AvgIpc) is 3.42. The maximum atomic E-state index is 14.1. The van der Waals surface area contributed by atoms with Crippen LogP contribution in [0.3, 0.4) is 0 Å². The van der Waals surface area contributed by atoms with E-state index in [1.54, 1.807) is 15.9 Å². The molecule has 2 bridgehead atoms. The molecule has 3 rings (SSSR count). The van der Waals surface area contributed by atoms with Crippen LogP contribution < -0.4 is 0 Å². The van der Waals surface area contributed by atoms with Gasteiger partial charge in [-0.05, 0) is 46.5 Å². The summed E-state index contributed by atoms with van der Waals surface area (Å²) in [6.45, 7) is 14.3. The molecule has 5 atom stereocenters. The third kappa shape index (κ3) is 4.67. The van der Waals surface area contributed by atoms with Crippen molar-refractivity contribution in [3.8, 4) is 0 Å². The molecule has 0 aromatic carbocycles. The van der Waals surface area contributed by atoms with E-state index in [0.29, 0.717) is 38.8 Å². The summed E-state index contributed by atoms with van der Waals surface area (Å²) < 4.78 is 11.8. The van der Waals surface area contributed by atoms with Gasteiger partial charge in [0.2, 0.25) is 11.8 Å². The highest BCUT2D eigenvalue weighted by Crippen LogP contribution is 2.59. The number of hydrogen-bond donors (Lipinski definition) is 1. The maximum Gasteiger partial charge on any atom is 0.312 e. The number of esters is 1. The predicted octanol–water partition coefficient (Wildman–Crippen LogP) is 2.46. The fourth-order valence-corrected chi connectivity index (χ4v) is 5.90. The minimum absolute atomic E-state index is 0.0734. The van der Waals surface area contributed by atoms with Gasteiger partial charge < -0.3 is 24.4 Å². The van der Waals surface area contributed by atoms with Gasteiger partial charge in [-0.3, -0.25) is 14.4 Å². The molecule has 8 heteroatoms. The van der Waals surface area contributed by atoms with E-state index in [0.717, 1.165) is 12.8 Å². The second-order valence-electron chi connectivity index (χ2n) is 10.6. The summed E-state index contributed by atoms with van der Waals surface area (Å²) in [5.41, 5.74) is -1.50. The molecule has 1 spiro atoms. The standard InChI is InChI=1S/C26H40N2O6/c1-6-14-28(25(3,4)5)23(31)21-26-13-12-18(34-26)19(24(32)33-17-7-2)20(26)22(30)27(21)15-10-8-9-11-16-29/h6-7,18-21,29H,1-2,8-17H2,3-5H3/t18-,19+,20-,21?,26?/m0/s1. The van der Waals surface area contributed by atoms with Crippen molar-refractivity contribution in [1.29, 1.82) is 0 Å². The maximum absolute atomic E-state index is 14.1. The largest absolute Gasteiger partial charge is 0.461 e. The van der Waals surface area contributed by atoms with Gasteiger partial charge in [-0.1, -0.05) is 31.6 Å². The van der Waals surface area contributed by atoms with Crippen molar-refractivity contribution < 1.29 is 29.0 Å². The quantitative estimate of drug-likeness (QED) is 0.264. The van der Waals surface area contributed by atoms with Crippen molar-refractivity contribution in [3.05, 3.63) is 25.3 Å². The normalized spacial score (nSPS) is 29.8. The number of ether oxygens (including phenoxy) is 2. The molecule has 1 N–H and O–H groups in total. The van der Waals surface area contributed by atoms with Gasteiger partial charge in [0.05, 0.1) is 17.9 Å². The summed E-state index contributed by atoms with van der Waals surface area (Å²) in [5.74, 6) is -2.26. The van der Waals surface area contributed by atoms with Crippen molar-refractivity contribution in [3.63, 3.8) is 0 Å². The Labute approximate surface area is 202 Å². The first-order valence-electron chi connectivity index (χ1n) is 12.4. The molecule has 2 unspecified atom stereocenters. The van der Waals surface area contributed by atoms with Crippen molar-refractivity contribution in [2.75, 3.05) is 26.3 Å². The van der Waals surface area contributed by atoms with Crippen LogP contribution in [0.2, 0.25) is 0 Å². The Morgan fingerprint density at radius 3 is 2.56 bits per heavy atom. The Morgan fingerprint density at radius 1 is 1.24 bits per heavy atom. The van der Waals surface area contributed by atoms with Crippen LogP contribution in [0.4, 0.5) is 0 Å². The first kappa shape index (κ1) is 26.4. The SMILES string of the molecule is C=CCOC(=O)[C@@H]1[C@@H]2CCC3(O2)C(C(=O)N(CC=C)C(C)(C)C)N(CCCCCCO)C(=O)[C@H]13. The molecule has 0 aromatic heterocycles. The molecule has 3 saturated heterocycles. The Kier molecular flexibility index (Phi) is 8.24. The molecule has 3 aliphatic heterocycles. The first-order valence-corrected chi connectivity index (χ1v) is 12.4. The molecule has 2 amide bonds. The topological polar surface area (TPSA) is 96.4 Å². The number of carbonyl (C=O) groups excluding carboxylic acids is 3. The summed E-state index contributed by atoms with van der Waals surface area (Å²) in [5, 5.41) is 9.05. The van der Waals surface area contributed by atoms with Gasteiger partial charge in [0.1, 0.15) is 18.2 Å². The monoisotopic (exact) mass is 476 g/mol. The molecular weight excluding hydrogens is 436 g/mol. The fourth-order valence-electron chi connectivity index (χ4n) is 5.90. The molecule has 0 saturated carbocycles. The van der Waals surface area contributed by atoms with Crippen LogP contribution in [0.25, 0.3) is 0 Å². The van der Waals surface area contributed by atoms with Gasteiger partial charge in [-0.2, -0.15) is 0 Å². The van der Waals surface area contributed by atoms with Crippen molar-refractivity contribution >= 4 is 17.8 Å².